The summed E-state index contributed by atoms with van der Waals surface area (Å²) in [5.74, 6) is 0. The first kappa shape index (κ1) is 9.77. The number of hydrogen-bond acceptors (Lipinski definition) is 4. The molecule has 70 valence electrons. The monoisotopic (exact) mass is 180 g/mol. The van der Waals surface area contributed by atoms with E-state index in [0.29, 0.717) is 6.42 Å². The van der Waals surface area contributed by atoms with Gasteiger partial charge in [-0.2, -0.15) is 0 Å². The predicted octanol–water partition coefficient (Wildman–Crippen LogP) is 2.90. The lowest BCUT2D eigenvalue weighted by molar-refractivity contribution is 0.681. The van der Waals surface area contributed by atoms with Crippen LogP contribution in [0, 0.1) is 9.81 Å². The minimum Gasteiger partial charge on any atom is -0.148 e. The molecule has 0 bridgehead atoms. The summed E-state index contributed by atoms with van der Waals surface area (Å²) < 4.78 is 0. The van der Waals surface area contributed by atoms with E-state index in [1.54, 1.807) is 0 Å². The van der Waals surface area contributed by atoms with Gasteiger partial charge in [0.15, 0.2) is 0 Å². The Morgan fingerprint density at radius 2 is 2.15 bits per heavy atom. The molecule has 0 aliphatic heterocycles. The zero-order valence-electron chi connectivity index (χ0n) is 7.56. The number of rotatable bonds is 5. The topological polar surface area (TPSA) is 58.9 Å². The van der Waals surface area contributed by atoms with Crippen LogP contribution in [0.5, 0.6) is 0 Å². The van der Waals surface area contributed by atoms with Crippen molar-refractivity contribution in [1.82, 2.24) is 0 Å². The summed E-state index contributed by atoms with van der Waals surface area (Å²) in [6.45, 7) is 2.04. The molecule has 0 saturated carbocycles. The Bertz CT molecular complexity index is 261. The van der Waals surface area contributed by atoms with E-state index < -0.39 is 6.17 Å². The third-order valence-electron chi connectivity index (χ3n) is 2.19. The zero-order valence-corrected chi connectivity index (χ0v) is 7.56. The molecule has 0 amide bonds. The van der Waals surface area contributed by atoms with Gasteiger partial charge < -0.3 is 0 Å². The fraction of sp³-hybridized carbons (Fsp3) is 0.556. The summed E-state index contributed by atoms with van der Waals surface area (Å²) in [6.07, 6.45) is 5.24. The third-order valence-corrected chi connectivity index (χ3v) is 2.19. The van der Waals surface area contributed by atoms with Crippen LogP contribution >= 0.6 is 0 Å². The molecule has 0 heterocycles. The van der Waals surface area contributed by atoms with Gasteiger partial charge in [-0.3, -0.25) is 0 Å². The zero-order chi connectivity index (χ0) is 9.68. The molecular formula is C9H12N2O2. The SMILES string of the molecule is CCC1=C(CC(N=O)N=O)CC=C1. The Hall–Kier alpha value is -1.32. The number of nitroso groups, excluding NO2 is 2. The molecule has 0 aromatic carbocycles. The highest BCUT2D eigenvalue weighted by molar-refractivity contribution is 5.33. The molecule has 0 atom stereocenters. The second kappa shape index (κ2) is 4.64. The summed E-state index contributed by atoms with van der Waals surface area (Å²) >= 11 is 0. The molecule has 0 unspecified atom stereocenters. The molecule has 13 heavy (non-hydrogen) atoms. The quantitative estimate of drug-likeness (QED) is 0.610. The van der Waals surface area contributed by atoms with Crippen molar-refractivity contribution in [2.45, 2.75) is 32.4 Å². The standard InChI is InChI=1S/C9H12N2O2/c1-2-7-4-3-5-8(7)6-9(10-12)11-13/h3-4,9H,2,5-6H2,1H3. The van der Waals surface area contributed by atoms with Gasteiger partial charge in [-0.25, -0.2) is 0 Å². The molecule has 1 aliphatic carbocycles. The molecule has 0 spiro atoms. The van der Waals surface area contributed by atoms with Crippen molar-refractivity contribution >= 4 is 0 Å². The maximum absolute atomic E-state index is 10.1. The lowest BCUT2D eigenvalue weighted by Crippen LogP contribution is -2.00. The molecule has 0 fully saturated rings. The van der Waals surface area contributed by atoms with Crippen LogP contribution in [0.15, 0.2) is 33.7 Å². The number of nitrogens with zero attached hydrogens (tertiary/aromatic N) is 2. The van der Waals surface area contributed by atoms with E-state index in [1.165, 1.54) is 5.57 Å². The van der Waals surface area contributed by atoms with Crippen LogP contribution < -0.4 is 0 Å². The van der Waals surface area contributed by atoms with Gasteiger partial charge >= 0.3 is 0 Å². The van der Waals surface area contributed by atoms with Crippen LogP contribution in [0.1, 0.15) is 26.2 Å². The van der Waals surface area contributed by atoms with E-state index in [0.717, 1.165) is 18.4 Å². The van der Waals surface area contributed by atoms with Crippen LogP contribution in [0.2, 0.25) is 0 Å². The lowest BCUT2D eigenvalue weighted by Gasteiger charge is -2.04. The van der Waals surface area contributed by atoms with Crippen molar-refractivity contribution in [2.75, 3.05) is 0 Å². The highest BCUT2D eigenvalue weighted by Gasteiger charge is 2.15. The molecule has 1 aliphatic rings. The molecule has 0 aromatic rings. The van der Waals surface area contributed by atoms with E-state index in [-0.39, 0.29) is 0 Å². The lowest BCUT2D eigenvalue weighted by atomic mass is 10.0. The highest BCUT2D eigenvalue weighted by atomic mass is 16.3. The Kier molecular flexibility index (Phi) is 3.49. The summed E-state index contributed by atoms with van der Waals surface area (Å²) in [7, 11) is 0. The summed E-state index contributed by atoms with van der Waals surface area (Å²) in [6, 6.07) is 0. The average molecular weight is 180 g/mol. The molecule has 0 aromatic heterocycles. The van der Waals surface area contributed by atoms with Gasteiger partial charge in [0.05, 0.1) is 0 Å². The second-order valence-corrected chi connectivity index (χ2v) is 2.98. The minimum atomic E-state index is -0.948. The maximum Gasteiger partial charge on any atom is 0.226 e. The summed E-state index contributed by atoms with van der Waals surface area (Å²) in [5.41, 5.74) is 2.32. The molecule has 0 saturated heterocycles. The highest BCUT2D eigenvalue weighted by Crippen LogP contribution is 2.26. The van der Waals surface area contributed by atoms with Gasteiger partial charge in [0.1, 0.15) is 0 Å². The second-order valence-electron chi connectivity index (χ2n) is 2.98. The van der Waals surface area contributed by atoms with Crippen molar-refractivity contribution in [2.24, 2.45) is 10.4 Å². The van der Waals surface area contributed by atoms with Gasteiger partial charge in [-0.1, -0.05) is 24.6 Å². The fourth-order valence-corrected chi connectivity index (χ4v) is 1.49. The molecule has 0 N–H and O–H groups in total. The molecular weight excluding hydrogens is 168 g/mol. The van der Waals surface area contributed by atoms with Crippen LogP contribution in [0.4, 0.5) is 0 Å². The Labute approximate surface area is 76.7 Å². The largest absolute Gasteiger partial charge is 0.226 e. The van der Waals surface area contributed by atoms with Crippen LogP contribution in [0.25, 0.3) is 0 Å². The molecule has 4 nitrogen and oxygen atoms in total. The maximum atomic E-state index is 10.1. The Balaban J connectivity index is 2.63. The van der Waals surface area contributed by atoms with Crippen molar-refractivity contribution in [1.29, 1.82) is 0 Å². The van der Waals surface area contributed by atoms with Crippen LogP contribution in [-0.4, -0.2) is 6.17 Å². The van der Waals surface area contributed by atoms with Crippen molar-refractivity contribution in [3.05, 3.63) is 33.1 Å². The Morgan fingerprint density at radius 3 is 2.69 bits per heavy atom. The van der Waals surface area contributed by atoms with Crippen LogP contribution in [0.3, 0.4) is 0 Å². The smallest absolute Gasteiger partial charge is 0.148 e. The minimum absolute atomic E-state index is 0.378. The van der Waals surface area contributed by atoms with E-state index in [2.05, 4.69) is 10.4 Å². The molecule has 1 rings (SSSR count). The fourth-order valence-electron chi connectivity index (χ4n) is 1.49. The third kappa shape index (κ3) is 2.31. The normalized spacial score (nSPS) is 15.5. The first-order valence-corrected chi connectivity index (χ1v) is 4.34. The summed E-state index contributed by atoms with van der Waals surface area (Å²) in [5, 5.41) is 5.30. The average Bonchev–Trinajstić information content (AvgIpc) is 2.61. The first-order valence-electron chi connectivity index (χ1n) is 4.34. The first-order chi connectivity index (χ1) is 6.31. The predicted molar refractivity (Wildman–Crippen MR) is 51.1 cm³/mol. The van der Waals surface area contributed by atoms with E-state index in [4.69, 9.17) is 0 Å². The van der Waals surface area contributed by atoms with Crippen molar-refractivity contribution in [3.8, 4) is 0 Å². The van der Waals surface area contributed by atoms with Gasteiger partial charge in [0.2, 0.25) is 6.17 Å². The Morgan fingerprint density at radius 1 is 1.46 bits per heavy atom. The van der Waals surface area contributed by atoms with E-state index in [9.17, 15) is 9.81 Å². The van der Waals surface area contributed by atoms with Gasteiger partial charge in [-0.15, -0.1) is 9.81 Å². The van der Waals surface area contributed by atoms with Gasteiger partial charge in [0.25, 0.3) is 0 Å². The van der Waals surface area contributed by atoms with Crippen LogP contribution in [-0.2, 0) is 0 Å². The summed E-state index contributed by atoms with van der Waals surface area (Å²) in [4.78, 5) is 20.3. The van der Waals surface area contributed by atoms with E-state index >= 15 is 0 Å². The van der Waals surface area contributed by atoms with E-state index in [1.807, 2.05) is 19.1 Å². The number of allylic oxidation sites excluding steroid dienone is 3. The molecule has 4 heteroatoms. The number of hydrogen-bond donors (Lipinski definition) is 0. The van der Waals surface area contributed by atoms with Gasteiger partial charge in [0, 0.05) is 6.42 Å². The van der Waals surface area contributed by atoms with Crippen molar-refractivity contribution in [3.63, 3.8) is 0 Å². The van der Waals surface area contributed by atoms with Gasteiger partial charge in [-0.05, 0) is 28.8 Å². The molecule has 0 radical (unpaired) electrons. The van der Waals surface area contributed by atoms with Crippen molar-refractivity contribution < 1.29 is 0 Å².